The number of benzene rings is 1. The topological polar surface area (TPSA) is 116 Å². The van der Waals surface area contributed by atoms with Crippen LogP contribution in [0.3, 0.4) is 0 Å². The fourth-order valence-electron chi connectivity index (χ4n) is 2.46. The van der Waals surface area contributed by atoms with Gasteiger partial charge < -0.3 is 29.9 Å². The molecule has 1 aliphatic rings. The van der Waals surface area contributed by atoms with Gasteiger partial charge in [-0.15, -0.1) is 0 Å². The van der Waals surface area contributed by atoms with Gasteiger partial charge in [0.2, 0.25) is 0 Å². The first-order valence-corrected chi connectivity index (χ1v) is 7.50. The molecule has 2 rings (SSSR count). The zero-order valence-corrected chi connectivity index (χ0v) is 12.6. The first-order valence-electron chi connectivity index (χ1n) is 7.50. The molecule has 0 saturated carbocycles. The largest absolute Gasteiger partial charge is 0.394 e. The third kappa shape index (κ3) is 4.81. The molecule has 0 unspecified atom stereocenters. The molecule has 1 saturated heterocycles. The molecule has 7 heteroatoms. The highest BCUT2D eigenvalue weighted by molar-refractivity contribution is 5.79. The number of aryl methyl sites for hydroxylation is 1. The monoisotopic (exact) mass is 326 g/mol. The molecule has 1 aliphatic heterocycles. The summed E-state index contributed by atoms with van der Waals surface area (Å²) in [6, 6.07) is 9.53. The van der Waals surface area contributed by atoms with Gasteiger partial charge in [-0.05, 0) is 12.0 Å². The molecule has 0 aliphatic carbocycles. The molecule has 128 valence electrons. The predicted molar refractivity (Wildman–Crippen MR) is 79.5 cm³/mol. The van der Waals surface area contributed by atoms with Crippen molar-refractivity contribution in [3.8, 4) is 0 Å². The first-order chi connectivity index (χ1) is 11.0. The summed E-state index contributed by atoms with van der Waals surface area (Å²) in [4.78, 5) is 11.9. The van der Waals surface area contributed by atoms with Gasteiger partial charge in [-0.1, -0.05) is 30.3 Å². The van der Waals surface area contributed by atoms with E-state index < -0.39 is 37.3 Å². The lowest BCUT2D eigenvalue weighted by molar-refractivity contribution is -0.293. The number of aliphatic hydroxyl groups is 4. The molecule has 0 spiro atoms. The number of ketones is 1. The van der Waals surface area contributed by atoms with Crippen molar-refractivity contribution in [2.75, 3.05) is 13.2 Å². The molecule has 1 fully saturated rings. The van der Waals surface area contributed by atoms with Gasteiger partial charge >= 0.3 is 0 Å². The van der Waals surface area contributed by atoms with Crippen LogP contribution in [0.5, 0.6) is 0 Å². The second-order valence-corrected chi connectivity index (χ2v) is 5.53. The van der Waals surface area contributed by atoms with Gasteiger partial charge in [-0.2, -0.15) is 0 Å². The lowest BCUT2D eigenvalue weighted by atomic mass is 9.99. The van der Waals surface area contributed by atoms with E-state index in [4.69, 9.17) is 9.47 Å². The standard InChI is InChI=1S/C16H22O7/c17-8-12-15(13(19)14(20)16(21)23-12)22-9-11(18)7-6-10-4-2-1-3-5-10/h1-5,12-17,19-21H,6-9H2/t12-,13-,14-,15-,16-/m1/s1. The summed E-state index contributed by atoms with van der Waals surface area (Å²) in [7, 11) is 0. The normalized spacial score (nSPS) is 31.0. The Balaban J connectivity index is 1.82. The van der Waals surface area contributed by atoms with Crippen LogP contribution in [-0.2, 0) is 20.7 Å². The zero-order valence-electron chi connectivity index (χ0n) is 12.6. The lowest BCUT2D eigenvalue weighted by Crippen LogP contribution is -2.59. The molecule has 7 nitrogen and oxygen atoms in total. The average Bonchev–Trinajstić information content (AvgIpc) is 2.57. The Kier molecular flexibility index (Phi) is 6.64. The summed E-state index contributed by atoms with van der Waals surface area (Å²) >= 11 is 0. The van der Waals surface area contributed by atoms with Gasteiger partial charge in [-0.3, -0.25) is 4.79 Å². The maximum Gasteiger partial charge on any atom is 0.184 e. The quantitative estimate of drug-likeness (QED) is 0.508. The summed E-state index contributed by atoms with van der Waals surface area (Å²) in [5.41, 5.74) is 1.04. The number of rotatable bonds is 7. The molecule has 1 heterocycles. The van der Waals surface area contributed by atoms with Crippen LogP contribution >= 0.6 is 0 Å². The Labute approximate surface area is 134 Å². The van der Waals surface area contributed by atoms with Crippen LogP contribution < -0.4 is 0 Å². The van der Waals surface area contributed by atoms with Gasteiger partial charge in [0.05, 0.1) is 6.61 Å². The number of aliphatic hydroxyl groups excluding tert-OH is 4. The second-order valence-electron chi connectivity index (χ2n) is 5.53. The Hall–Kier alpha value is -1.35. The van der Waals surface area contributed by atoms with Gasteiger partial charge in [0.1, 0.15) is 31.0 Å². The Morgan fingerprint density at radius 3 is 2.48 bits per heavy atom. The van der Waals surface area contributed by atoms with Gasteiger partial charge in [0.25, 0.3) is 0 Å². The first kappa shape index (κ1) is 18.0. The van der Waals surface area contributed by atoms with Crippen molar-refractivity contribution in [1.29, 1.82) is 0 Å². The summed E-state index contributed by atoms with van der Waals surface area (Å²) < 4.78 is 10.3. The van der Waals surface area contributed by atoms with E-state index in [0.29, 0.717) is 6.42 Å². The van der Waals surface area contributed by atoms with Crippen LogP contribution in [0, 0.1) is 0 Å². The van der Waals surface area contributed by atoms with Gasteiger partial charge in [-0.25, -0.2) is 0 Å². The van der Waals surface area contributed by atoms with Gasteiger partial charge in [0, 0.05) is 6.42 Å². The van der Waals surface area contributed by atoms with E-state index in [0.717, 1.165) is 5.56 Å². The van der Waals surface area contributed by atoms with Crippen LogP contribution in [0.25, 0.3) is 0 Å². The molecule has 23 heavy (non-hydrogen) atoms. The third-order valence-electron chi connectivity index (χ3n) is 3.81. The maximum absolute atomic E-state index is 11.9. The maximum atomic E-state index is 11.9. The molecule has 0 aromatic heterocycles. The van der Waals surface area contributed by atoms with Crippen molar-refractivity contribution in [1.82, 2.24) is 0 Å². The second kappa shape index (κ2) is 8.49. The van der Waals surface area contributed by atoms with E-state index in [1.807, 2.05) is 30.3 Å². The average molecular weight is 326 g/mol. The van der Waals surface area contributed by atoms with Crippen molar-refractivity contribution in [3.05, 3.63) is 35.9 Å². The summed E-state index contributed by atoms with van der Waals surface area (Å²) in [6.07, 6.45) is -5.83. The highest BCUT2D eigenvalue weighted by atomic mass is 16.7. The molecule has 1 aromatic carbocycles. The van der Waals surface area contributed by atoms with Gasteiger partial charge in [0.15, 0.2) is 12.1 Å². The molecule has 0 radical (unpaired) electrons. The summed E-state index contributed by atoms with van der Waals surface area (Å²) in [5.74, 6) is -0.168. The molecular weight excluding hydrogens is 304 g/mol. The van der Waals surface area contributed by atoms with E-state index in [2.05, 4.69) is 0 Å². The number of carbonyl (C=O) groups excluding carboxylic acids is 1. The zero-order chi connectivity index (χ0) is 16.8. The minimum Gasteiger partial charge on any atom is -0.394 e. The summed E-state index contributed by atoms with van der Waals surface area (Å²) in [5, 5.41) is 38.1. The Bertz CT molecular complexity index is 490. The molecule has 1 aromatic rings. The van der Waals surface area contributed by atoms with Crippen LogP contribution in [-0.4, -0.2) is 70.1 Å². The predicted octanol–water partition coefficient (Wildman–Crippen LogP) is -0.995. The van der Waals surface area contributed by atoms with Crippen molar-refractivity contribution in [3.63, 3.8) is 0 Å². The summed E-state index contributed by atoms with van der Waals surface area (Å²) in [6.45, 7) is -0.777. The number of ether oxygens (including phenoxy) is 2. The van der Waals surface area contributed by atoms with Crippen LogP contribution in [0.1, 0.15) is 12.0 Å². The fraction of sp³-hybridized carbons (Fsp3) is 0.562. The van der Waals surface area contributed by atoms with Crippen molar-refractivity contribution >= 4 is 5.78 Å². The number of hydrogen-bond donors (Lipinski definition) is 4. The Morgan fingerprint density at radius 1 is 1.13 bits per heavy atom. The minimum absolute atomic E-state index is 0.168. The molecule has 4 N–H and O–H groups in total. The van der Waals surface area contributed by atoms with Crippen molar-refractivity contribution in [2.24, 2.45) is 0 Å². The van der Waals surface area contributed by atoms with Crippen LogP contribution in [0.15, 0.2) is 30.3 Å². The van der Waals surface area contributed by atoms with E-state index in [1.54, 1.807) is 0 Å². The molecule has 0 amide bonds. The van der Waals surface area contributed by atoms with Crippen LogP contribution in [0.4, 0.5) is 0 Å². The van der Waals surface area contributed by atoms with Crippen LogP contribution in [0.2, 0.25) is 0 Å². The molecular formula is C16H22O7. The molecule has 0 bridgehead atoms. The minimum atomic E-state index is -1.60. The van der Waals surface area contributed by atoms with Crippen molar-refractivity contribution in [2.45, 2.75) is 43.5 Å². The highest BCUT2D eigenvalue weighted by Gasteiger charge is 2.44. The number of Topliss-reactive ketones (excluding diaryl/α,β-unsaturated/α-hetero) is 1. The number of hydrogen-bond acceptors (Lipinski definition) is 7. The molecule has 5 atom stereocenters. The van der Waals surface area contributed by atoms with Crippen molar-refractivity contribution < 1.29 is 34.7 Å². The highest BCUT2D eigenvalue weighted by Crippen LogP contribution is 2.22. The number of carbonyl (C=O) groups is 1. The third-order valence-corrected chi connectivity index (χ3v) is 3.81. The van der Waals surface area contributed by atoms with E-state index in [1.165, 1.54) is 0 Å². The lowest BCUT2D eigenvalue weighted by Gasteiger charge is -2.39. The van der Waals surface area contributed by atoms with E-state index in [-0.39, 0.29) is 18.8 Å². The SMILES string of the molecule is O=C(CCc1ccccc1)CO[C@H]1[C@H](O)[C@@H](O)[C@H](O)O[C@@H]1CO. The fourth-order valence-corrected chi connectivity index (χ4v) is 2.46. The Morgan fingerprint density at radius 2 is 1.83 bits per heavy atom. The van der Waals surface area contributed by atoms with E-state index >= 15 is 0 Å². The van der Waals surface area contributed by atoms with E-state index in [9.17, 15) is 25.2 Å². The smallest absolute Gasteiger partial charge is 0.184 e.